The van der Waals surface area contributed by atoms with Crippen LogP contribution in [0.5, 0.6) is 0 Å². The Morgan fingerprint density at radius 2 is 2.13 bits per heavy atom. The maximum absolute atomic E-state index is 14.2. The predicted molar refractivity (Wildman–Crippen MR) is 115 cm³/mol. The van der Waals surface area contributed by atoms with E-state index in [0.29, 0.717) is 31.1 Å². The summed E-state index contributed by atoms with van der Waals surface area (Å²) in [6, 6.07) is 4.76. The number of anilines is 1. The zero-order valence-electron chi connectivity index (χ0n) is 17.7. The lowest BCUT2D eigenvalue weighted by atomic mass is 9.89. The summed E-state index contributed by atoms with van der Waals surface area (Å²) in [4.78, 5) is 31.7. The van der Waals surface area contributed by atoms with E-state index >= 15 is 0 Å². The van der Waals surface area contributed by atoms with E-state index in [1.165, 1.54) is 12.1 Å². The van der Waals surface area contributed by atoms with Crippen molar-refractivity contribution < 1.29 is 9.18 Å². The number of hydrogen-bond acceptors (Lipinski definition) is 5. The minimum atomic E-state index is -0.427. The molecule has 5 rings (SSSR count). The van der Waals surface area contributed by atoms with Gasteiger partial charge >= 0.3 is 0 Å². The molecule has 3 aliphatic rings. The molecular formula is C23H28FN5O2. The van der Waals surface area contributed by atoms with Gasteiger partial charge < -0.3 is 10.6 Å². The summed E-state index contributed by atoms with van der Waals surface area (Å²) in [5.41, 5.74) is 2.34. The zero-order valence-corrected chi connectivity index (χ0v) is 17.7. The molecule has 1 aliphatic carbocycles. The average molecular weight is 426 g/mol. The number of aromatic nitrogens is 2. The minimum Gasteiger partial charge on any atom is -0.373 e. The van der Waals surface area contributed by atoms with Crippen LogP contribution in [0, 0.1) is 12.7 Å². The van der Waals surface area contributed by atoms with Gasteiger partial charge in [-0.15, -0.1) is 0 Å². The van der Waals surface area contributed by atoms with Crippen LogP contribution in [0.2, 0.25) is 0 Å². The quantitative estimate of drug-likeness (QED) is 0.786. The van der Waals surface area contributed by atoms with E-state index in [0.717, 1.165) is 49.3 Å². The summed E-state index contributed by atoms with van der Waals surface area (Å²) in [6.07, 6.45) is 5.94. The maximum atomic E-state index is 14.2. The lowest BCUT2D eigenvalue weighted by Crippen LogP contribution is -2.51. The molecule has 1 fully saturated rings. The first-order chi connectivity index (χ1) is 15.0. The number of carbonyl (C=O) groups excluding carboxylic acids is 1. The van der Waals surface area contributed by atoms with Gasteiger partial charge in [0, 0.05) is 55.1 Å². The van der Waals surface area contributed by atoms with Crippen molar-refractivity contribution in [1.82, 2.24) is 19.8 Å². The maximum Gasteiger partial charge on any atom is 0.253 e. The Morgan fingerprint density at radius 3 is 2.97 bits per heavy atom. The summed E-state index contributed by atoms with van der Waals surface area (Å²) in [6.45, 7) is 4.07. The van der Waals surface area contributed by atoms with Crippen molar-refractivity contribution in [2.24, 2.45) is 0 Å². The lowest BCUT2D eigenvalue weighted by Gasteiger charge is -2.40. The number of carbonyl (C=O) groups is 1. The first-order valence-corrected chi connectivity index (χ1v) is 11.1. The van der Waals surface area contributed by atoms with Gasteiger partial charge in [0.25, 0.3) is 5.56 Å². The number of halogens is 1. The fraction of sp³-hybridized carbons (Fsp3) is 0.522. The molecular weight excluding hydrogens is 397 g/mol. The summed E-state index contributed by atoms with van der Waals surface area (Å²) in [5.74, 6) is 0.507. The Hall–Kier alpha value is -2.74. The Bertz CT molecular complexity index is 1040. The molecule has 2 aliphatic heterocycles. The fourth-order valence-electron chi connectivity index (χ4n) is 5.30. The highest BCUT2D eigenvalue weighted by molar-refractivity contribution is 5.88. The van der Waals surface area contributed by atoms with Gasteiger partial charge in [-0.2, -0.15) is 0 Å². The van der Waals surface area contributed by atoms with E-state index in [1.807, 2.05) is 6.92 Å². The van der Waals surface area contributed by atoms with Crippen LogP contribution >= 0.6 is 0 Å². The van der Waals surface area contributed by atoms with E-state index < -0.39 is 6.04 Å². The van der Waals surface area contributed by atoms with Crippen LogP contribution in [0.4, 0.5) is 10.1 Å². The first-order valence-electron chi connectivity index (χ1n) is 11.1. The number of nitrogens with zero attached hydrogens (tertiary/aromatic N) is 3. The van der Waals surface area contributed by atoms with Gasteiger partial charge in [-0.1, -0.05) is 6.07 Å². The molecule has 2 N–H and O–H groups in total. The number of rotatable bonds is 3. The highest BCUT2D eigenvalue weighted by Crippen LogP contribution is 2.32. The second-order valence-corrected chi connectivity index (χ2v) is 8.97. The van der Waals surface area contributed by atoms with Crippen LogP contribution in [0.25, 0.3) is 0 Å². The molecule has 0 spiro atoms. The second kappa shape index (κ2) is 8.07. The molecule has 1 saturated carbocycles. The molecule has 7 nitrogen and oxygen atoms in total. The van der Waals surface area contributed by atoms with Crippen molar-refractivity contribution in [1.29, 1.82) is 0 Å². The zero-order chi connectivity index (χ0) is 21.5. The van der Waals surface area contributed by atoms with Crippen LogP contribution in [0.3, 0.4) is 0 Å². The van der Waals surface area contributed by atoms with Gasteiger partial charge in [-0.25, -0.2) is 9.37 Å². The number of benzene rings is 1. The number of aryl methyl sites for hydroxylation is 1. The third kappa shape index (κ3) is 3.84. The van der Waals surface area contributed by atoms with Crippen molar-refractivity contribution in [3.05, 3.63) is 57.5 Å². The van der Waals surface area contributed by atoms with Gasteiger partial charge in [0.1, 0.15) is 17.7 Å². The summed E-state index contributed by atoms with van der Waals surface area (Å²) < 4.78 is 15.9. The molecule has 3 atom stereocenters. The predicted octanol–water partition coefficient (Wildman–Crippen LogP) is 1.97. The largest absolute Gasteiger partial charge is 0.373 e. The molecule has 164 valence electrons. The third-order valence-corrected chi connectivity index (χ3v) is 6.99. The normalized spacial score (nSPS) is 25.4. The Kier molecular flexibility index (Phi) is 5.25. The van der Waals surface area contributed by atoms with E-state index in [-0.39, 0.29) is 23.3 Å². The SMILES string of the molecule is Cc1ccc(F)c2c1NC(C(=O)N[C@@H]1CCC[C@@H](N3CCn4c(nccc4=O)C3)C1)C2. The van der Waals surface area contributed by atoms with Crippen molar-refractivity contribution in [2.45, 2.75) is 70.2 Å². The first kappa shape index (κ1) is 20.2. The number of fused-ring (bicyclic) bond motifs is 2. The van der Waals surface area contributed by atoms with Crippen LogP contribution in [-0.2, 0) is 24.3 Å². The number of amides is 1. The van der Waals surface area contributed by atoms with Crippen molar-refractivity contribution in [2.75, 3.05) is 11.9 Å². The molecule has 2 aromatic rings. The second-order valence-electron chi connectivity index (χ2n) is 8.97. The molecule has 1 unspecified atom stereocenters. The minimum absolute atomic E-state index is 0.00941. The summed E-state index contributed by atoms with van der Waals surface area (Å²) in [7, 11) is 0. The molecule has 0 saturated heterocycles. The molecule has 1 amide bonds. The number of nitrogens with one attached hydrogen (secondary N) is 2. The molecule has 1 aromatic carbocycles. The van der Waals surface area contributed by atoms with Crippen LogP contribution < -0.4 is 16.2 Å². The Balaban J connectivity index is 1.21. The van der Waals surface area contributed by atoms with E-state index in [1.54, 1.807) is 16.8 Å². The van der Waals surface area contributed by atoms with Crippen LogP contribution in [0.1, 0.15) is 42.6 Å². The number of hydrogen-bond donors (Lipinski definition) is 2. The topological polar surface area (TPSA) is 79.3 Å². The van der Waals surface area contributed by atoms with Crippen LogP contribution in [0.15, 0.2) is 29.2 Å². The van der Waals surface area contributed by atoms with Gasteiger partial charge in [0.05, 0.1) is 6.54 Å². The van der Waals surface area contributed by atoms with E-state index in [2.05, 4.69) is 20.5 Å². The van der Waals surface area contributed by atoms with Crippen molar-refractivity contribution in [3.63, 3.8) is 0 Å². The van der Waals surface area contributed by atoms with Crippen LogP contribution in [-0.4, -0.2) is 45.0 Å². The molecule has 0 bridgehead atoms. The molecule has 1 aromatic heterocycles. The highest BCUT2D eigenvalue weighted by atomic mass is 19.1. The van der Waals surface area contributed by atoms with Gasteiger partial charge in [-0.05, 0) is 44.2 Å². The molecule has 3 heterocycles. The van der Waals surface area contributed by atoms with E-state index in [4.69, 9.17) is 0 Å². The summed E-state index contributed by atoms with van der Waals surface area (Å²) >= 11 is 0. The third-order valence-electron chi connectivity index (χ3n) is 6.99. The highest BCUT2D eigenvalue weighted by Gasteiger charge is 2.34. The smallest absolute Gasteiger partial charge is 0.253 e. The fourth-order valence-corrected chi connectivity index (χ4v) is 5.30. The lowest BCUT2D eigenvalue weighted by molar-refractivity contribution is -0.122. The Morgan fingerprint density at radius 1 is 1.26 bits per heavy atom. The van der Waals surface area contributed by atoms with Gasteiger partial charge in [-0.3, -0.25) is 19.1 Å². The Labute approximate surface area is 180 Å². The summed E-state index contributed by atoms with van der Waals surface area (Å²) in [5, 5.41) is 6.43. The van der Waals surface area contributed by atoms with Crippen molar-refractivity contribution >= 4 is 11.6 Å². The molecule has 31 heavy (non-hydrogen) atoms. The van der Waals surface area contributed by atoms with Gasteiger partial charge in [0.2, 0.25) is 5.91 Å². The molecule has 0 radical (unpaired) electrons. The molecule has 8 heteroatoms. The average Bonchev–Trinajstić information content (AvgIpc) is 3.24. The van der Waals surface area contributed by atoms with Gasteiger partial charge in [0.15, 0.2) is 0 Å². The van der Waals surface area contributed by atoms with E-state index in [9.17, 15) is 14.0 Å². The standard InChI is InChI=1S/C23H28FN5O2/c1-14-5-6-18(24)17-12-19(27-22(14)17)23(31)26-15-3-2-4-16(11-15)28-9-10-29-20(13-28)25-8-7-21(29)30/h5-8,15-16,19,27H,2-4,9-13H2,1H3,(H,26,31)/t15-,16-,19?/m1/s1. The monoisotopic (exact) mass is 425 g/mol. The van der Waals surface area contributed by atoms with Crippen molar-refractivity contribution in [3.8, 4) is 0 Å².